The largest absolute Gasteiger partial charge is 0.344 e. The summed E-state index contributed by atoms with van der Waals surface area (Å²) in [6, 6.07) is 9.54. The number of benzene rings is 2. The number of nitro groups is 1. The van der Waals surface area contributed by atoms with Crippen LogP contribution in [-0.2, 0) is 16.1 Å². The van der Waals surface area contributed by atoms with Crippen molar-refractivity contribution in [2.45, 2.75) is 6.54 Å². The van der Waals surface area contributed by atoms with Gasteiger partial charge in [-0.1, -0.05) is 29.8 Å². The van der Waals surface area contributed by atoms with E-state index in [0.29, 0.717) is 10.6 Å². The van der Waals surface area contributed by atoms with Gasteiger partial charge in [0.05, 0.1) is 4.92 Å². The first-order chi connectivity index (χ1) is 11.4. The Balaban J connectivity index is 1.99. The lowest BCUT2D eigenvalue weighted by Crippen LogP contribution is -2.35. The summed E-state index contributed by atoms with van der Waals surface area (Å²) in [5.74, 6) is -3.04. The van der Waals surface area contributed by atoms with Crippen LogP contribution in [0.15, 0.2) is 42.5 Å². The number of nitrogens with zero attached hydrogens (tertiary/aromatic N) is 1. The van der Waals surface area contributed by atoms with E-state index in [-0.39, 0.29) is 12.2 Å². The zero-order valence-corrected chi connectivity index (χ0v) is 12.8. The molecule has 9 heteroatoms. The predicted octanol–water partition coefficient (Wildman–Crippen LogP) is 2.64. The van der Waals surface area contributed by atoms with Gasteiger partial charge in [0.25, 0.3) is 0 Å². The molecule has 2 rings (SSSR count). The van der Waals surface area contributed by atoms with Gasteiger partial charge in [-0.2, -0.15) is 4.39 Å². The lowest BCUT2D eigenvalue weighted by molar-refractivity contribution is -0.387. The predicted molar refractivity (Wildman–Crippen MR) is 85.0 cm³/mol. The number of carbonyl (C=O) groups is 2. The Hall–Kier alpha value is -3.00. The summed E-state index contributed by atoms with van der Waals surface area (Å²) in [5.41, 5.74) is -0.247. The highest BCUT2D eigenvalue weighted by molar-refractivity contribution is 6.39. The Morgan fingerprint density at radius 1 is 1.17 bits per heavy atom. The maximum Gasteiger partial charge on any atom is 0.313 e. The first-order valence-corrected chi connectivity index (χ1v) is 7.03. The molecule has 0 aliphatic heterocycles. The first-order valence-electron chi connectivity index (χ1n) is 6.65. The molecule has 7 nitrogen and oxygen atoms in total. The van der Waals surface area contributed by atoms with Gasteiger partial charge in [-0.15, -0.1) is 0 Å². The Morgan fingerprint density at radius 2 is 1.88 bits per heavy atom. The number of hydrogen-bond acceptors (Lipinski definition) is 4. The first kappa shape index (κ1) is 17.4. The molecule has 2 amide bonds. The highest BCUT2D eigenvalue weighted by atomic mass is 35.5. The Morgan fingerprint density at radius 3 is 2.54 bits per heavy atom. The van der Waals surface area contributed by atoms with Gasteiger partial charge < -0.3 is 10.6 Å². The number of hydrogen-bond donors (Lipinski definition) is 2. The Kier molecular flexibility index (Phi) is 5.43. The zero-order valence-electron chi connectivity index (χ0n) is 12.1. The van der Waals surface area contributed by atoms with Crippen molar-refractivity contribution in [3.05, 3.63) is 69.0 Å². The minimum Gasteiger partial charge on any atom is -0.344 e. The zero-order chi connectivity index (χ0) is 17.7. The van der Waals surface area contributed by atoms with E-state index in [4.69, 9.17) is 11.6 Å². The van der Waals surface area contributed by atoms with Crippen LogP contribution in [0.4, 0.5) is 15.8 Å². The van der Waals surface area contributed by atoms with Gasteiger partial charge in [0.1, 0.15) is 0 Å². The van der Waals surface area contributed by atoms with Gasteiger partial charge in [-0.05, 0) is 23.8 Å². The fourth-order valence-electron chi connectivity index (χ4n) is 1.82. The topological polar surface area (TPSA) is 101 Å². The quantitative estimate of drug-likeness (QED) is 0.502. The maximum atomic E-state index is 13.2. The van der Waals surface area contributed by atoms with Crippen molar-refractivity contribution in [2.24, 2.45) is 0 Å². The minimum absolute atomic E-state index is 0.0372. The van der Waals surface area contributed by atoms with E-state index in [0.717, 1.165) is 18.2 Å². The van der Waals surface area contributed by atoms with Crippen LogP contribution in [0.3, 0.4) is 0 Å². The molecule has 124 valence electrons. The number of rotatable bonds is 4. The van der Waals surface area contributed by atoms with E-state index in [1.807, 2.05) is 0 Å². The van der Waals surface area contributed by atoms with Crippen LogP contribution in [0.25, 0.3) is 0 Å². The van der Waals surface area contributed by atoms with Crippen molar-refractivity contribution >= 4 is 34.8 Å². The van der Waals surface area contributed by atoms with Crippen molar-refractivity contribution in [3.63, 3.8) is 0 Å². The highest BCUT2D eigenvalue weighted by Crippen LogP contribution is 2.21. The third-order valence-corrected chi connectivity index (χ3v) is 3.37. The summed E-state index contributed by atoms with van der Waals surface area (Å²) in [6.07, 6.45) is 0. The van der Waals surface area contributed by atoms with Gasteiger partial charge in [-0.25, -0.2) is 0 Å². The van der Waals surface area contributed by atoms with Gasteiger partial charge in [0.15, 0.2) is 0 Å². The van der Waals surface area contributed by atoms with Crippen molar-refractivity contribution < 1.29 is 18.9 Å². The molecule has 0 unspecified atom stereocenters. The molecule has 0 spiro atoms. The molecule has 0 atom stereocenters. The van der Waals surface area contributed by atoms with Gasteiger partial charge in [0.2, 0.25) is 5.82 Å². The SMILES string of the molecule is O=C(NCc1ccccc1Cl)C(=O)Nc1ccc(F)c([N+](=O)[O-])c1. The molecule has 24 heavy (non-hydrogen) atoms. The van der Waals surface area contributed by atoms with Crippen molar-refractivity contribution in [1.82, 2.24) is 5.32 Å². The fourth-order valence-corrected chi connectivity index (χ4v) is 2.02. The van der Waals surface area contributed by atoms with E-state index in [1.165, 1.54) is 0 Å². The normalized spacial score (nSPS) is 10.1. The fraction of sp³-hybridized carbons (Fsp3) is 0.0667. The van der Waals surface area contributed by atoms with Crippen LogP contribution in [0.1, 0.15) is 5.56 Å². The van der Waals surface area contributed by atoms with E-state index in [1.54, 1.807) is 24.3 Å². The van der Waals surface area contributed by atoms with Crippen LogP contribution < -0.4 is 10.6 Å². The van der Waals surface area contributed by atoms with Gasteiger partial charge in [0, 0.05) is 23.3 Å². The van der Waals surface area contributed by atoms with Crippen LogP contribution in [-0.4, -0.2) is 16.7 Å². The molecule has 0 fully saturated rings. The summed E-state index contributed by atoms with van der Waals surface area (Å²) in [7, 11) is 0. The minimum atomic E-state index is -1.04. The van der Waals surface area contributed by atoms with Gasteiger partial charge >= 0.3 is 17.5 Å². The molecule has 2 aromatic rings. The molecule has 0 saturated heterocycles. The van der Waals surface area contributed by atoms with Crippen LogP contribution in [0.5, 0.6) is 0 Å². The van der Waals surface area contributed by atoms with E-state index < -0.39 is 28.2 Å². The van der Waals surface area contributed by atoms with Crippen molar-refractivity contribution in [1.29, 1.82) is 0 Å². The summed E-state index contributed by atoms with van der Waals surface area (Å²) in [5, 5.41) is 15.6. The molecule has 0 aliphatic rings. The van der Waals surface area contributed by atoms with Crippen LogP contribution in [0.2, 0.25) is 5.02 Å². The smallest absolute Gasteiger partial charge is 0.313 e. The molecule has 0 radical (unpaired) electrons. The summed E-state index contributed by atoms with van der Waals surface area (Å²) in [6.45, 7) is 0.0372. The number of nitrogens with one attached hydrogen (secondary N) is 2. The van der Waals surface area contributed by atoms with E-state index >= 15 is 0 Å². The molecule has 0 saturated carbocycles. The van der Waals surface area contributed by atoms with Crippen molar-refractivity contribution in [2.75, 3.05) is 5.32 Å². The summed E-state index contributed by atoms with van der Waals surface area (Å²) < 4.78 is 13.2. The van der Waals surface area contributed by atoms with Crippen LogP contribution in [0, 0.1) is 15.9 Å². The summed E-state index contributed by atoms with van der Waals surface area (Å²) >= 11 is 5.93. The molecular formula is C15H11ClFN3O4. The second kappa shape index (κ2) is 7.51. The molecule has 2 aromatic carbocycles. The third kappa shape index (κ3) is 4.26. The molecule has 2 N–H and O–H groups in total. The van der Waals surface area contributed by atoms with E-state index in [9.17, 15) is 24.1 Å². The van der Waals surface area contributed by atoms with Gasteiger partial charge in [-0.3, -0.25) is 19.7 Å². The van der Waals surface area contributed by atoms with Crippen molar-refractivity contribution in [3.8, 4) is 0 Å². The molecular weight excluding hydrogens is 341 g/mol. The molecule has 0 aromatic heterocycles. The number of amides is 2. The molecule has 0 aliphatic carbocycles. The number of carbonyl (C=O) groups excluding carboxylic acids is 2. The lowest BCUT2D eigenvalue weighted by atomic mass is 10.2. The monoisotopic (exact) mass is 351 g/mol. The second-order valence-corrected chi connectivity index (χ2v) is 5.06. The average molecular weight is 352 g/mol. The Labute approximate surface area is 140 Å². The Bertz CT molecular complexity index is 813. The molecule has 0 bridgehead atoms. The summed E-state index contributed by atoms with van der Waals surface area (Å²) in [4.78, 5) is 33.2. The van der Waals surface area contributed by atoms with Crippen LogP contribution >= 0.6 is 11.6 Å². The number of anilines is 1. The second-order valence-electron chi connectivity index (χ2n) is 4.65. The lowest BCUT2D eigenvalue weighted by Gasteiger charge is -2.08. The highest BCUT2D eigenvalue weighted by Gasteiger charge is 2.18. The molecule has 0 heterocycles. The van der Waals surface area contributed by atoms with E-state index in [2.05, 4.69) is 10.6 Å². The standard InChI is InChI=1S/C15H11ClFN3O4/c16-11-4-2-1-3-9(11)8-18-14(21)15(22)19-10-5-6-12(17)13(7-10)20(23)24/h1-7H,8H2,(H,18,21)(H,19,22). The number of halogens is 2. The third-order valence-electron chi connectivity index (χ3n) is 3.00. The number of nitro benzene ring substituents is 1. The maximum absolute atomic E-state index is 13.2. The average Bonchev–Trinajstić information content (AvgIpc) is 2.55.